The van der Waals surface area contributed by atoms with Crippen LogP contribution in [-0.2, 0) is 5.33 Å². The van der Waals surface area contributed by atoms with Crippen molar-refractivity contribution < 1.29 is 14.3 Å². The second-order valence-corrected chi connectivity index (χ2v) is 4.52. The molecule has 1 aliphatic rings. The molecule has 1 aliphatic heterocycles. The summed E-state index contributed by atoms with van der Waals surface area (Å²) in [5.74, 6) is 0.870. The highest BCUT2D eigenvalue weighted by molar-refractivity contribution is 9.08. The maximum absolute atomic E-state index is 12.3. The lowest BCUT2D eigenvalue weighted by atomic mass is 10.1. The summed E-state index contributed by atoms with van der Waals surface area (Å²) >= 11 is 3.23. The zero-order valence-electron chi connectivity index (χ0n) is 9.66. The molecule has 2 aromatic rings. The van der Waals surface area contributed by atoms with Crippen LogP contribution in [0.25, 0.3) is 0 Å². The van der Waals surface area contributed by atoms with Gasteiger partial charge in [-0.15, -0.1) is 0 Å². The first-order valence-corrected chi connectivity index (χ1v) is 6.62. The van der Waals surface area contributed by atoms with E-state index >= 15 is 0 Å². The van der Waals surface area contributed by atoms with Gasteiger partial charge in [0.25, 0.3) is 0 Å². The summed E-state index contributed by atoms with van der Waals surface area (Å²) in [6.45, 7) is 0.153. The molecule has 1 aromatic heterocycles. The van der Waals surface area contributed by atoms with Crippen LogP contribution < -0.4 is 15.2 Å². The number of ether oxygens (including phenoxy) is 2. The van der Waals surface area contributed by atoms with Gasteiger partial charge in [-0.3, -0.25) is 4.79 Å². The van der Waals surface area contributed by atoms with E-state index in [1.54, 1.807) is 18.2 Å². The van der Waals surface area contributed by atoms with Gasteiger partial charge < -0.3 is 19.4 Å². The second kappa shape index (κ2) is 4.58. The minimum atomic E-state index is -0.404. The number of fused-ring (bicyclic) bond motifs is 1. The molecule has 0 aliphatic carbocycles. The Kier molecular flexibility index (Phi) is 2.90. The van der Waals surface area contributed by atoms with Gasteiger partial charge in [0.05, 0.1) is 5.69 Å². The van der Waals surface area contributed by atoms with E-state index < -0.39 is 5.69 Å². The minimum Gasteiger partial charge on any atom is -0.454 e. The summed E-state index contributed by atoms with van der Waals surface area (Å²) in [6.07, 6.45) is 0. The number of H-pyrrole nitrogens is 2. The first-order valence-electron chi connectivity index (χ1n) is 5.50. The van der Waals surface area contributed by atoms with Crippen molar-refractivity contribution in [3.63, 3.8) is 0 Å². The van der Waals surface area contributed by atoms with Crippen LogP contribution in [0.4, 0.5) is 0 Å². The van der Waals surface area contributed by atoms with Gasteiger partial charge >= 0.3 is 5.69 Å². The fourth-order valence-corrected chi connectivity index (χ4v) is 2.32. The van der Waals surface area contributed by atoms with Crippen molar-refractivity contribution in [2.75, 3.05) is 6.79 Å². The molecule has 3 rings (SSSR count). The fourth-order valence-electron chi connectivity index (χ4n) is 1.90. The van der Waals surface area contributed by atoms with E-state index in [0.29, 0.717) is 28.1 Å². The molecule has 1 aromatic carbocycles. The average Bonchev–Trinajstić information content (AvgIpc) is 3.02. The third kappa shape index (κ3) is 2.06. The van der Waals surface area contributed by atoms with E-state index in [0.717, 1.165) is 0 Å². The van der Waals surface area contributed by atoms with Crippen molar-refractivity contribution in [1.29, 1.82) is 0 Å². The zero-order valence-corrected chi connectivity index (χ0v) is 11.2. The number of hydrogen-bond donors (Lipinski definition) is 2. The predicted octanol–water partition coefficient (Wildman–Crippen LogP) is 1.56. The topological polar surface area (TPSA) is 84.2 Å². The molecule has 0 fully saturated rings. The van der Waals surface area contributed by atoms with Gasteiger partial charge in [-0.1, -0.05) is 15.9 Å². The number of carbonyl (C=O) groups excluding carboxylic acids is 1. The minimum absolute atomic E-state index is 0.153. The summed E-state index contributed by atoms with van der Waals surface area (Å²) in [5.41, 5.74) is 0.800. The lowest BCUT2D eigenvalue weighted by molar-refractivity contribution is 0.103. The molecule has 0 saturated heterocycles. The lowest BCUT2D eigenvalue weighted by Crippen LogP contribution is -2.06. The van der Waals surface area contributed by atoms with Gasteiger partial charge in [-0.05, 0) is 18.2 Å². The summed E-state index contributed by atoms with van der Waals surface area (Å²) < 4.78 is 10.4. The zero-order chi connectivity index (χ0) is 13.4. The number of imidazole rings is 1. The number of hydrogen-bond acceptors (Lipinski definition) is 4. The number of carbonyl (C=O) groups is 1. The maximum Gasteiger partial charge on any atom is 0.323 e. The molecule has 0 spiro atoms. The van der Waals surface area contributed by atoms with Crippen LogP contribution >= 0.6 is 15.9 Å². The molecular formula is C12H9BrN2O4. The number of halogens is 1. The first kappa shape index (κ1) is 12.0. The van der Waals surface area contributed by atoms with Crippen LogP contribution in [0.1, 0.15) is 21.7 Å². The smallest absolute Gasteiger partial charge is 0.323 e. The highest BCUT2D eigenvalue weighted by Crippen LogP contribution is 2.33. The van der Waals surface area contributed by atoms with Crippen LogP contribution in [0, 0.1) is 0 Å². The summed E-state index contributed by atoms with van der Waals surface area (Å²) in [7, 11) is 0. The Bertz CT molecular complexity index is 704. The van der Waals surface area contributed by atoms with Crippen LogP contribution in [0.3, 0.4) is 0 Å². The van der Waals surface area contributed by atoms with Crippen molar-refractivity contribution in [3.05, 3.63) is 45.6 Å². The highest BCUT2D eigenvalue weighted by Gasteiger charge is 2.20. The van der Waals surface area contributed by atoms with Crippen molar-refractivity contribution in [3.8, 4) is 11.5 Å². The number of nitrogens with one attached hydrogen (secondary N) is 2. The largest absolute Gasteiger partial charge is 0.454 e. The normalized spacial score (nSPS) is 12.7. The molecule has 0 saturated carbocycles. The second-order valence-electron chi connectivity index (χ2n) is 3.96. The number of rotatable bonds is 3. The summed E-state index contributed by atoms with van der Waals surface area (Å²) in [6, 6.07) is 4.92. The molecule has 0 atom stereocenters. The quantitative estimate of drug-likeness (QED) is 0.662. The fraction of sp³-hybridized carbons (Fsp3) is 0.167. The average molecular weight is 325 g/mol. The van der Waals surface area contributed by atoms with E-state index in [2.05, 4.69) is 25.9 Å². The van der Waals surface area contributed by atoms with Gasteiger partial charge in [0.15, 0.2) is 11.5 Å². The van der Waals surface area contributed by atoms with Crippen molar-refractivity contribution in [1.82, 2.24) is 9.97 Å². The predicted molar refractivity (Wildman–Crippen MR) is 70.0 cm³/mol. The van der Waals surface area contributed by atoms with Crippen LogP contribution in [0.5, 0.6) is 11.5 Å². The molecule has 19 heavy (non-hydrogen) atoms. The Balaban J connectivity index is 2.02. The number of benzene rings is 1. The molecule has 0 unspecified atom stereocenters. The van der Waals surface area contributed by atoms with E-state index in [1.165, 1.54) is 0 Å². The molecular weight excluding hydrogens is 316 g/mol. The first-order chi connectivity index (χ1) is 9.19. The van der Waals surface area contributed by atoms with E-state index in [4.69, 9.17) is 9.47 Å². The Morgan fingerprint density at radius 2 is 2.05 bits per heavy atom. The monoisotopic (exact) mass is 324 g/mol. The molecule has 6 nitrogen and oxygen atoms in total. The lowest BCUT2D eigenvalue weighted by Gasteiger charge is -2.02. The Morgan fingerprint density at radius 3 is 2.84 bits per heavy atom. The number of ketones is 1. The van der Waals surface area contributed by atoms with Crippen molar-refractivity contribution >= 4 is 21.7 Å². The van der Waals surface area contributed by atoms with Gasteiger partial charge in [0.2, 0.25) is 12.6 Å². The van der Waals surface area contributed by atoms with Gasteiger partial charge in [-0.2, -0.15) is 0 Å². The molecule has 0 amide bonds. The summed E-state index contributed by atoms with van der Waals surface area (Å²) in [5, 5.41) is 0.386. The molecule has 0 radical (unpaired) electrons. The third-order valence-electron chi connectivity index (χ3n) is 2.80. The third-order valence-corrected chi connectivity index (χ3v) is 3.36. The standard InChI is InChI=1S/C12H9BrN2O4/c13-4-7-10(15-12(17)14-7)11(16)6-1-2-8-9(3-6)19-5-18-8/h1-3H,4-5H2,(H2,14,15,17). The van der Waals surface area contributed by atoms with E-state index in [1.807, 2.05) is 0 Å². The Labute approximate surface area is 115 Å². The highest BCUT2D eigenvalue weighted by atomic mass is 79.9. The summed E-state index contributed by atoms with van der Waals surface area (Å²) in [4.78, 5) is 28.7. The van der Waals surface area contributed by atoms with Crippen LogP contribution in [-0.4, -0.2) is 22.5 Å². The Hall–Kier alpha value is -2.02. The van der Waals surface area contributed by atoms with Gasteiger partial charge in [0.1, 0.15) is 5.69 Å². The Morgan fingerprint density at radius 1 is 1.26 bits per heavy atom. The van der Waals surface area contributed by atoms with Crippen LogP contribution in [0.2, 0.25) is 0 Å². The number of aromatic nitrogens is 2. The van der Waals surface area contributed by atoms with Crippen LogP contribution in [0.15, 0.2) is 23.0 Å². The molecule has 2 heterocycles. The molecule has 7 heteroatoms. The number of aromatic amines is 2. The van der Waals surface area contributed by atoms with Crippen molar-refractivity contribution in [2.45, 2.75) is 5.33 Å². The van der Waals surface area contributed by atoms with Gasteiger partial charge in [0, 0.05) is 10.9 Å². The maximum atomic E-state index is 12.3. The SMILES string of the molecule is O=C(c1ccc2c(c1)OCO2)c1[nH]c(=O)[nH]c1CBr. The van der Waals surface area contributed by atoms with E-state index in [9.17, 15) is 9.59 Å². The molecule has 2 N–H and O–H groups in total. The van der Waals surface area contributed by atoms with Crippen molar-refractivity contribution in [2.24, 2.45) is 0 Å². The number of alkyl halides is 1. The van der Waals surface area contributed by atoms with Gasteiger partial charge in [-0.25, -0.2) is 4.79 Å². The molecule has 98 valence electrons. The molecule has 0 bridgehead atoms. The van der Waals surface area contributed by atoms with E-state index in [-0.39, 0.29) is 18.3 Å².